The van der Waals surface area contributed by atoms with Crippen LogP contribution in [0.3, 0.4) is 0 Å². The first-order chi connectivity index (χ1) is 10.3. The second-order valence-electron chi connectivity index (χ2n) is 6.33. The van der Waals surface area contributed by atoms with E-state index in [-0.39, 0.29) is 22.8 Å². The van der Waals surface area contributed by atoms with E-state index < -0.39 is 10.8 Å². The number of Topliss-reactive ketones (excluding diaryl/α,β-unsaturated/α-hetero) is 1. The molecule has 116 valence electrons. The standard InChI is InChI=1S/C15H16N2O4S/c1-15(2)6-8(18)11-9(7-15)21-14(16)13(17(19)20)12(11)10-4-3-5-22-10/h3-5,12H,6-7,16H2,1-2H3/t12-/m0/s1. The van der Waals surface area contributed by atoms with Crippen molar-refractivity contribution in [2.45, 2.75) is 32.6 Å². The highest BCUT2D eigenvalue weighted by Crippen LogP contribution is 2.48. The third kappa shape index (κ3) is 2.31. The predicted octanol–water partition coefficient (Wildman–Crippen LogP) is 2.91. The zero-order valence-electron chi connectivity index (χ0n) is 12.3. The van der Waals surface area contributed by atoms with Crippen LogP contribution in [0.1, 0.15) is 37.5 Å². The number of carbonyl (C=O) groups excluding carboxylic acids is 1. The van der Waals surface area contributed by atoms with Crippen LogP contribution < -0.4 is 5.73 Å². The van der Waals surface area contributed by atoms with Crippen LogP contribution in [0.4, 0.5) is 0 Å². The van der Waals surface area contributed by atoms with Gasteiger partial charge in [0, 0.05) is 17.7 Å². The summed E-state index contributed by atoms with van der Waals surface area (Å²) in [5.74, 6) is -0.575. The van der Waals surface area contributed by atoms with Crippen molar-refractivity contribution in [1.82, 2.24) is 0 Å². The van der Waals surface area contributed by atoms with Gasteiger partial charge in [-0.1, -0.05) is 19.9 Å². The number of ether oxygens (including phenoxy) is 1. The molecule has 0 amide bonds. The number of rotatable bonds is 2. The van der Waals surface area contributed by atoms with Gasteiger partial charge in [0.2, 0.25) is 0 Å². The number of carbonyl (C=O) groups is 1. The highest BCUT2D eigenvalue weighted by molar-refractivity contribution is 7.10. The van der Waals surface area contributed by atoms with E-state index >= 15 is 0 Å². The van der Waals surface area contributed by atoms with Crippen LogP contribution in [0.15, 0.2) is 40.4 Å². The van der Waals surface area contributed by atoms with Crippen molar-refractivity contribution >= 4 is 17.1 Å². The zero-order valence-corrected chi connectivity index (χ0v) is 13.1. The number of thiophene rings is 1. The molecule has 1 aromatic rings. The molecule has 0 unspecified atom stereocenters. The van der Waals surface area contributed by atoms with E-state index in [2.05, 4.69) is 0 Å². The van der Waals surface area contributed by atoms with Crippen molar-refractivity contribution in [3.05, 3.63) is 55.4 Å². The lowest BCUT2D eigenvalue weighted by molar-refractivity contribution is -0.433. The molecule has 0 saturated heterocycles. The Hall–Kier alpha value is -2.15. The summed E-state index contributed by atoms with van der Waals surface area (Å²) in [4.78, 5) is 24.2. The van der Waals surface area contributed by atoms with Gasteiger partial charge in [0.25, 0.3) is 5.88 Å². The molecule has 1 atom stereocenters. The van der Waals surface area contributed by atoms with Crippen LogP contribution in [-0.2, 0) is 9.53 Å². The maximum atomic E-state index is 12.6. The largest absolute Gasteiger partial charge is 0.440 e. The van der Waals surface area contributed by atoms with Gasteiger partial charge in [0.05, 0.1) is 10.5 Å². The maximum absolute atomic E-state index is 12.6. The molecule has 1 aliphatic carbocycles. The number of hydrogen-bond donors (Lipinski definition) is 1. The van der Waals surface area contributed by atoms with Gasteiger partial charge in [-0.25, -0.2) is 0 Å². The molecular formula is C15H16N2O4S. The number of nitro groups is 1. The van der Waals surface area contributed by atoms with Crippen LogP contribution in [0.5, 0.6) is 0 Å². The van der Waals surface area contributed by atoms with Crippen LogP contribution in [-0.4, -0.2) is 10.7 Å². The van der Waals surface area contributed by atoms with E-state index in [0.717, 1.165) is 4.88 Å². The van der Waals surface area contributed by atoms with E-state index in [0.29, 0.717) is 24.2 Å². The maximum Gasteiger partial charge on any atom is 0.318 e. The molecule has 0 bridgehead atoms. The third-order valence-electron chi connectivity index (χ3n) is 3.95. The molecule has 2 aliphatic rings. The molecular weight excluding hydrogens is 304 g/mol. The molecule has 22 heavy (non-hydrogen) atoms. The molecule has 1 aromatic heterocycles. The third-order valence-corrected chi connectivity index (χ3v) is 4.89. The summed E-state index contributed by atoms with van der Waals surface area (Å²) in [5, 5.41) is 13.3. The molecule has 0 saturated carbocycles. The van der Waals surface area contributed by atoms with Crippen LogP contribution in [0.2, 0.25) is 0 Å². The molecule has 0 fully saturated rings. The molecule has 0 spiro atoms. The molecule has 0 radical (unpaired) electrons. The minimum Gasteiger partial charge on any atom is -0.440 e. The van der Waals surface area contributed by atoms with Gasteiger partial charge in [0.1, 0.15) is 11.7 Å². The normalized spacial score (nSPS) is 24.1. The first-order valence-corrected chi connectivity index (χ1v) is 7.79. The van der Waals surface area contributed by atoms with Gasteiger partial charge >= 0.3 is 5.70 Å². The fraction of sp³-hybridized carbons (Fsp3) is 0.400. The Morgan fingerprint density at radius 2 is 2.18 bits per heavy atom. The fourth-order valence-corrected chi connectivity index (χ4v) is 3.92. The lowest BCUT2D eigenvalue weighted by Gasteiger charge is -2.35. The average Bonchev–Trinajstić information content (AvgIpc) is 2.88. The Morgan fingerprint density at radius 3 is 2.77 bits per heavy atom. The number of hydrogen-bond acceptors (Lipinski definition) is 6. The van der Waals surface area contributed by atoms with Crippen molar-refractivity contribution < 1.29 is 14.5 Å². The van der Waals surface area contributed by atoms with Crippen LogP contribution in [0.25, 0.3) is 0 Å². The van der Waals surface area contributed by atoms with Crippen LogP contribution in [0, 0.1) is 15.5 Å². The lowest BCUT2D eigenvalue weighted by Crippen LogP contribution is -2.35. The Morgan fingerprint density at radius 1 is 1.45 bits per heavy atom. The average molecular weight is 320 g/mol. The fourth-order valence-electron chi connectivity index (χ4n) is 3.08. The van der Waals surface area contributed by atoms with Gasteiger partial charge in [-0.3, -0.25) is 14.9 Å². The Kier molecular flexibility index (Phi) is 3.32. The smallest absolute Gasteiger partial charge is 0.318 e. The Bertz CT molecular complexity index is 716. The first-order valence-electron chi connectivity index (χ1n) is 6.92. The van der Waals surface area contributed by atoms with Crippen molar-refractivity contribution in [3.8, 4) is 0 Å². The molecule has 1 aliphatic heterocycles. The summed E-state index contributed by atoms with van der Waals surface area (Å²) in [7, 11) is 0. The SMILES string of the molecule is CC1(C)CC(=O)C2=C(C1)OC(N)=C([N+](=O)[O-])[C@H]2c1cccs1. The Labute approximate surface area is 131 Å². The molecule has 6 nitrogen and oxygen atoms in total. The number of nitrogens with zero attached hydrogens (tertiary/aromatic N) is 1. The van der Waals surface area contributed by atoms with Gasteiger partial charge in [-0.2, -0.15) is 0 Å². The van der Waals surface area contributed by atoms with E-state index in [1.165, 1.54) is 11.3 Å². The summed E-state index contributed by atoms with van der Waals surface area (Å²) < 4.78 is 5.48. The minimum absolute atomic E-state index is 0.100. The molecule has 2 heterocycles. The zero-order chi connectivity index (χ0) is 16.1. The van der Waals surface area contributed by atoms with E-state index in [4.69, 9.17) is 10.5 Å². The van der Waals surface area contributed by atoms with E-state index in [1.54, 1.807) is 12.1 Å². The second-order valence-corrected chi connectivity index (χ2v) is 7.31. The van der Waals surface area contributed by atoms with Gasteiger partial charge in [-0.05, 0) is 16.9 Å². The number of allylic oxidation sites excluding steroid dienone is 2. The molecule has 7 heteroatoms. The summed E-state index contributed by atoms with van der Waals surface area (Å²) in [6.45, 7) is 3.95. The highest BCUT2D eigenvalue weighted by Gasteiger charge is 2.47. The number of ketones is 1. The van der Waals surface area contributed by atoms with Crippen molar-refractivity contribution in [2.24, 2.45) is 11.1 Å². The molecule has 2 N–H and O–H groups in total. The topological polar surface area (TPSA) is 95.5 Å². The molecule has 0 aromatic carbocycles. The molecule has 3 rings (SSSR count). The van der Waals surface area contributed by atoms with Crippen LogP contribution >= 0.6 is 11.3 Å². The highest BCUT2D eigenvalue weighted by atomic mass is 32.1. The summed E-state index contributed by atoms with van der Waals surface area (Å²) in [6, 6.07) is 3.59. The van der Waals surface area contributed by atoms with Crippen molar-refractivity contribution in [2.75, 3.05) is 0 Å². The van der Waals surface area contributed by atoms with E-state index in [9.17, 15) is 14.9 Å². The summed E-state index contributed by atoms with van der Waals surface area (Å²) in [6.07, 6.45) is 0.892. The van der Waals surface area contributed by atoms with E-state index in [1.807, 2.05) is 19.2 Å². The summed E-state index contributed by atoms with van der Waals surface area (Å²) >= 11 is 1.37. The second kappa shape index (κ2) is 4.95. The quantitative estimate of drug-likeness (QED) is 0.667. The van der Waals surface area contributed by atoms with Gasteiger partial charge < -0.3 is 10.5 Å². The predicted molar refractivity (Wildman–Crippen MR) is 81.4 cm³/mol. The first kappa shape index (κ1) is 14.8. The monoisotopic (exact) mass is 320 g/mol. The van der Waals surface area contributed by atoms with Crippen molar-refractivity contribution in [1.29, 1.82) is 0 Å². The Balaban J connectivity index is 2.18. The number of nitrogens with two attached hydrogens (primary N) is 1. The minimum atomic E-state index is -0.734. The van der Waals surface area contributed by atoms with Gasteiger partial charge in [-0.15, -0.1) is 11.3 Å². The summed E-state index contributed by atoms with van der Waals surface area (Å²) in [5.41, 5.74) is 5.71. The lowest BCUT2D eigenvalue weighted by atomic mass is 9.72. The van der Waals surface area contributed by atoms with Gasteiger partial charge in [0.15, 0.2) is 5.78 Å². The van der Waals surface area contributed by atoms with Crippen molar-refractivity contribution in [3.63, 3.8) is 0 Å².